The van der Waals surface area contributed by atoms with Crippen molar-refractivity contribution >= 4 is 22.0 Å². The van der Waals surface area contributed by atoms with E-state index in [9.17, 15) is 13.2 Å². The molecule has 0 amide bonds. The fourth-order valence-electron chi connectivity index (χ4n) is 5.21. The molecular weight excluding hydrogens is 506 g/mol. The second-order valence-corrected chi connectivity index (χ2v) is 11.6. The summed E-state index contributed by atoms with van der Waals surface area (Å²) >= 11 is 0. The first kappa shape index (κ1) is 26.3. The Morgan fingerprint density at radius 2 is 1.49 bits per heavy atom. The van der Waals surface area contributed by atoms with E-state index in [-0.39, 0.29) is 4.90 Å². The van der Waals surface area contributed by atoms with Crippen LogP contribution < -0.4 is 0 Å². The molecule has 1 heterocycles. The molecule has 5 nitrogen and oxygen atoms in total. The van der Waals surface area contributed by atoms with Crippen LogP contribution in [0.15, 0.2) is 131 Å². The lowest BCUT2D eigenvalue weighted by Gasteiger charge is -2.34. The van der Waals surface area contributed by atoms with Crippen molar-refractivity contribution in [3.63, 3.8) is 0 Å². The molecule has 0 fully saturated rings. The van der Waals surface area contributed by atoms with Gasteiger partial charge in [-0.2, -0.15) is 0 Å². The Hall–Kier alpha value is -4.29. The predicted octanol–water partition coefficient (Wildman–Crippen LogP) is 6.67. The summed E-state index contributed by atoms with van der Waals surface area (Å²) in [6, 6.07) is 33.6. The van der Waals surface area contributed by atoms with Gasteiger partial charge in [-0.25, -0.2) is 13.2 Å². The van der Waals surface area contributed by atoms with Crippen LogP contribution in [0.25, 0.3) is 11.1 Å². The Bertz CT molecular complexity index is 1600. The van der Waals surface area contributed by atoms with Gasteiger partial charge in [-0.3, -0.25) is 4.99 Å². The molecule has 0 spiro atoms. The van der Waals surface area contributed by atoms with Gasteiger partial charge in [-0.05, 0) is 65.4 Å². The van der Waals surface area contributed by atoms with Crippen molar-refractivity contribution < 1.29 is 17.9 Å². The minimum Gasteiger partial charge on any atom is -0.465 e. The van der Waals surface area contributed by atoms with Crippen molar-refractivity contribution in [2.75, 3.05) is 7.11 Å². The van der Waals surface area contributed by atoms with E-state index in [1.54, 1.807) is 60.8 Å². The van der Waals surface area contributed by atoms with Crippen molar-refractivity contribution in [3.05, 3.63) is 138 Å². The van der Waals surface area contributed by atoms with Crippen LogP contribution >= 0.6 is 0 Å². The highest BCUT2D eigenvalue weighted by molar-refractivity contribution is 7.93. The second-order valence-electron chi connectivity index (χ2n) is 9.44. The Morgan fingerprint density at radius 1 is 0.846 bits per heavy atom. The van der Waals surface area contributed by atoms with Crippen LogP contribution in [0.4, 0.5) is 0 Å². The van der Waals surface area contributed by atoms with Gasteiger partial charge >= 0.3 is 5.97 Å². The molecule has 196 valence electrons. The van der Waals surface area contributed by atoms with E-state index in [1.807, 2.05) is 54.6 Å². The number of methoxy groups -OCH3 is 1. The third-order valence-electron chi connectivity index (χ3n) is 7.20. The molecule has 4 aromatic rings. The minimum absolute atomic E-state index is 0.238. The Labute approximate surface area is 229 Å². The maximum atomic E-state index is 14.2. The predicted molar refractivity (Wildman–Crippen MR) is 155 cm³/mol. The van der Waals surface area contributed by atoms with Gasteiger partial charge in [0.15, 0.2) is 4.87 Å². The summed E-state index contributed by atoms with van der Waals surface area (Å²) in [7, 11) is -2.52. The molecule has 4 aromatic carbocycles. The first-order valence-corrected chi connectivity index (χ1v) is 14.3. The zero-order chi connectivity index (χ0) is 27.3. The van der Waals surface area contributed by atoms with Gasteiger partial charge in [0.25, 0.3) is 0 Å². The monoisotopic (exact) mass is 535 g/mol. The molecule has 1 aliphatic heterocycles. The number of aliphatic imine (C=N–C) groups is 1. The maximum Gasteiger partial charge on any atom is 0.338 e. The van der Waals surface area contributed by atoms with Crippen molar-refractivity contribution in [2.24, 2.45) is 4.99 Å². The number of sulfone groups is 1. The molecule has 0 radical (unpaired) electrons. The minimum atomic E-state index is -3.88. The van der Waals surface area contributed by atoms with E-state index >= 15 is 0 Å². The summed E-state index contributed by atoms with van der Waals surface area (Å²) < 4.78 is 33.4. The third-order valence-corrected chi connectivity index (χ3v) is 9.48. The van der Waals surface area contributed by atoms with Gasteiger partial charge in [0.05, 0.1) is 17.6 Å². The average Bonchev–Trinajstić information content (AvgIpc) is 3.50. The van der Waals surface area contributed by atoms with Crippen molar-refractivity contribution in [2.45, 2.75) is 28.5 Å². The number of hydrogen-bond acceptors (Lipinski definition) is 5. The molecule has 0 N–H and O–H groups in total. The summed E-state index contributed by atoms with van der Waals surface area (Å²) in [5, 5.41) is 0. The number of carbonyl (C=O) groups excluding carboxylic acids is 1. The fourth-order valence-corrected chi connectivity index (χ4v) is 7.19. The van der Waals surface area contributed by atoms with Crippen molar-refractivity contribution in [3.8, 4) is 11.1 Å². The molecule has 2 atom stereocenters. The number of nitrogens with zero attached hydrogens (tertiary/aromatic N) is 1. The smallest absolute Gasteiger partial charge is 0.338 e. The maximum absolute atomic E-state index is 14.2. The molecule has 39 heavy (non-hydrogen) atoms. The first-order chi connectivity index (χ1) is 19.0. The third kappa shape index (κ3) is 5.08. The fraction of sp³-hybridized carbons (Fsp3) is 0.152. The Kier molecular flexibility index (Phi) is 7.57. The van der Waals surface area contributed by atoms with Crippen LogP contribution in [0.3, 0.4) is 0 Å². The summed E-state index contributed by atoms with van der Waals surface area (Å²) in [6.45, 7) is 0. The molecule has 0 saturated heterocycles. The van der Waals surface area contributed by atoms with Gasteiger partial charge in [0.2, 0.25) is 9.84 Å². The number of hydrogen-bond donors (Lipinski definition) is 0. The van der Waals surface area contributed by atoms with Crippen LogP contribution in [0.1, 0.15) is 33.8 Å². The molecule has 1 aliphatic rings. The zero-order valence-electron chi connectivity index (χ0n) is 21.6. The summed E-state index contributed by atoms with van der Waals surface area (Å²) in [5.74, 6) is -0.864. The number of rotatable bonds is 9. The topological polar surface area (TPSA) is 72.8 Å². The first-order valence-electron chi connectivity index (χ1n) is 12.8. The van der Waals surface area contributed by atoms with E-state index in [4.69, 9.17) is 4.74 Å². The van der Waals surface area contributed by atoms with E-state index in [2.05, 4.69) is 17.1 Å². The zero-order valence-corrected chi connectivity index (χ0v) is 22.4. The van der Waals surface area contributed by atoms with Gasteiger partial charge < -0.3 is 4.74 Å². The van der Waals surface area contributed by atoms with E-state index in [1.165, 1.54) is 7.11 Å². The number of aryl methyl sites for hydroxylation is 1. The standard InChI is InChI=1S/C33H29NO4S/c1-38-32(35)30-16-9-8-15-29(30)26-18-20-27(21-19-26)31(22-17-25-11-4-2-5-12-25)33(23-10-24-34-33)39(36,37)28-13-6-3-7-14-28/h2-16,18-21,23-24,31H,17,22H2,1H3. The van der Waals surface area contributed by atoms with Crippen LogP contribution in [0.5, 0.6) is 0 Å². The SMILES string of the molecule is COC(=O)c1ccccc1-c1ccc(C(CCc2ccccc2)C2(S(=O)(=O)c3ccccc3)C=CC=N2)cc1. The lowest BCUT2D eigenvalue weighted by molar-refractivity contribution is 0.0601. The normalized spacial score (nSPS) is 17.2. The van der Waals surface area contributed by atoms with E-state index in [0.29, 0.717) is 18.4 Å². The summed E-state index contributed by atoms with van der Waals surface area (Å²) in [5.41, 5.74) is 4.05. The van der Waals surface area contributed by atoms with Gasteiger partial charge in [0, 0.05) is 12.1 Å². The average molecular weight is 536 g/mol. The number of ether oxygens (including phenoxy) is 1. The Morgan fingerprint density at radius 3 is 2.13 bits per heavy atom. The molecule has 2 unspecified atom stereocenters. The van der Waals surface area contributed by atoms with Gasteiger partial charge in [-0.15, -0.1) is 0 Å². The van der Waals surface area contributed by atoms with E-state index in [0.717, 1.165) is 22.3 Å². The van der Waals surface area contributed by atoms with Crippen LogP contribution in [-0.4, -0.2) is 32.6 Å². The van der Waals surface area contributed by atoms with Crippen molar-refractivity contribution in [1.29, 1.82) is 0 Å². The largest absolute Gasteiger partial charge is 0.465 e. The molecular formula is C33H29NO4S. The number of allylic oxidation sites excluding steroid dienone is 1. The van der Waals surface area contributed by atoms with Crippen molar-refractivity contribution in [1.82, 2.24) is 0 Å². The number of esters is 1. The number of benzene rings is 4. The summed E-state index contributed by atoms with van der Waals surface area (Å²) in [6.07, 6.45) is 6.27. The second kappa shape index (κ2) is 11.2. The summed E-state index contributed by atoms with van der Waals surface area (Å²) in [4.78, 5) is 15.8. The van der Waals surface area contributed by atoms with Crippen LogP contribution in [0.2, 0.25) is 0 Å². The quantitative estimate of drug-likeness (QED) is 0.225. The lowest BCUT2D eigenvalue weighted by Crippen LogP contribution is -2.40. The molecule has 5 rings (SSSR count). The highest BCUT2D eigenvalue weighted by atomic mass is 32.2. The lowest BCUT2D eigenvalue weighted by atomic mass is 9.85. The molecule has 0 aliphatic carbocycles. The van der Waals surface area contributed by atoms with Crippen LogP contribution in [0, 0.1) is 0 Å². The number of carbonyl (C=O) groups is 1. The molecule has 6 heteroatoms. The molecule has 0 saturated carbocycles. The highest BCUT2D eigenvalue weighted by Crippen LogP contribution is 2.45. The van der Waals surface area contributed by atoms with Crippen LogP contribution in [-0.2, 0) is 21.0 Å². The Balaban J connectivity index is 1.59. The van der Waals surface area contributed by atoms with Gasteiger partial charge in [-0.1, -0.05) is 91.0 Å². The molecule has 0 bridgehead atoms. The highest BCUT2D eigenvalue weighted by Gasteiger charge is 2.50. The molecule has 0 aromatic heterocycles. The van der Waals surface area contributed by atoms with E-state index < -0.39 is 26.6 Å². The van der Waals surface area contributed by atoms with Gasteiger partial charge in [0.1, 0.15) is 0 Å².